The Balaban J connectivity index is 3.25. The summed E-state index contributed by atoms with van der Waals surface area (Å²) >= 11 is 3.11. The summed E-state index contributed by atoms with van der Waals surface area (Å²) in [4.78, 5) is 0. The van der Waals surface area contributed by atoms with E-state index >= 15 is 0 Å². The van der Waals surface area contributed by atoms with Crippen molar-refractivity contribution in [3.8, 4) is 12.1 Å². The van der Waals surface area contributed by atoms with Gasteiger partial charge in [-0.2, -0.15) is 10.5 Å². The monoisotopic (exact) mass is 252 g/mol. The molecule has 4 nitrogen and oxygen atoms in total. The fourth-order valence-electron chi connectivity index (χ4n) is 0.889. The van der Waals surface area contributed by atoms with E-state index in [0.717, 1.165) is 0 Å². The first-order valence-corrected chi connectivity index (χ1v) is 4.36. The van der Waals surface area contributed by atoms with Crippen molar-refractivity contribution in [3.63, 3.8) is 0 Å². The van der Waals surface area contributed by atoms with Gasteiger partial charge < -0.3 is 9.15 Å². The minimum absolute atomic E-state index is 0.116. The number of furan rings is 1. The van der Waals surface area contributed by atoms with Crippen molar-refractivity contribution >= 4 is 21.7 Å². The quantitative estimate of drug-likeness (QED) is 0.599. The molecule has 1 heterocycles. The zero-order chi connectivity index (χ0) is 10.6. The number of halogens is 1. The predicted octanol–water partition coefficient (Wildman–Crippen LogP) is 2.45. The fraction of sp³-hybridized carbons (Fsp3) is 0.111. The summed E-state index contributed by atoms with van der Waals surface area (Å²) in [6.45, 7) is 0. The molecule has 0 aromatic carbocycles. The highest BCUT2D eigenvalue weighted by Crippen LogP contribution is 2.24. The topological polar surface area (TPSA) is 69.9 Å². The minimum atomic E-state index is -0.116. The van der Waals surface area contributed by atoms with Gasteiger partial charge in [0.1, 0.15) is 12.1 Å². The van der Waals surface area contributed by atoms with Crippen molar-refractivity contribution in [1.82, 2.24) is 0 Å². The minimum Gasteiger partial charge on any atom is -0.491 e. The largest absolute Gasteiger partial charge is 0.491 e. The Morgan fingerprint density at radius 3 is 2.43 bits per heavy atom. The summed E-state index contributed by atoms with van der Waals surface area (Å²) in [6.07, 6.45) is 0. The second-order valence-corrected chi connectivity index (χ2v) is 3.02. The highest BCUT2D eigenvalue weighted by Gasteiger charge is 2.13. The Hall–Kier alpha value is -1.72. The third kappa shape index (κ3) is 1.95. The normalized spacial score (nSPS) is 8.57. The first-order chi connectivity index (χ1) is 6.72. The van der Waals surface area contributed by atoms with E-state index in [2.05, 4.69) is 15.9 Å². The van der Waals surface area contributed by atoms with Crippen molar-refractivity contribution in [1.29, 1.82) is 10.5 Å². The molecule has 0 N–H and O–H groups in total. The molecule has 0 aliphatic carbocycles. The van der Waals surface area contributed by atoms with E-state index < -0.39 is 0 Å². The zero-order valence-corrected chi connectivity index (χ0v) is 8.83. The molecule has 1 rings (SSSR count). The highest BCUT2D eigenvalue weighted by atomic mass is 79.9. The molecule has 1 aromatic heterocycles. The molecule has 5 heteroatoms. The van der Waals surface area contributed by atoms with E-state index in [1.54, 1.807) is 24.3 Å². The van der Waals surface area contributed by atoms with Crippen LogP contribution in [-0.4, -0.2) is 7.11 Å². The first kappa shape index (κ1) is 10.4. The van der Waals surface area contributed by atoms with Crippen LogP contribution in [0.2, 0.25) is 0 Å². The van der Waals surface area contributed by atoms with Crippen molar-refractivity contribution < 1.29 is 9.15 Å². The van der Waals surface area contributed by atoms with E-state index in [9.17, 15) is 0 Å². The maximum atomic E-state index is 8.63. The molecule has 0 spiro atoms. The van der Waals surface area contributed by atoms with Gasteiger partial charge in [0.25, 0.3) is 0 Å². The van der Waals surface area contributed by atoms with Gasteiger partial charge in [-0.1, -0.05) is 0 Å². The number of hydrogen-bond acceptors (Lipinski definition) is 4. The van der Waals surface area contributed by atoms with Gasteiger partial charge in [0, 0.05) is 0 Å². The Kier molecular flexibility index (Phi) is 3.33. The van der Waals surface area contributed by atoms with Crippen molar-refractivity contribution in [3.05, 3.63) is 28.1 Å². The van der Waals surface area contributed by atoms with Gasteiger partial charge in [0.15, 0.2) is 21.8 Å². The third-order valence-electron chi connectivity index (χ3n) is 1.45. The third-order valence-corrected chi connectivity index (χ3v) is 1.88. The van der Waals surface area contributed by atoms with Crippen LogP contribution in [-0.2, 0) is 4.74 Å². The summed E-state index contributed by atoms with van der Waals surface area (Å²) in [7, 11) is 1.38. The van der Waals surface area contributed by atoms with E-state index in [1.807, 2.05) is 0 Å². The number of methoxy groups -OCH3 is 1. The van der Waals surface area contributed by atoms with Crippen molar-refractivity contribution in [2.45, 2.75) is 0 Å². The summed E-state index contributed by atoms with van der Waals surface area (Å²) in [6, 6.07) is 6.72. The summed E-state index contributed by atoms with van der Waals surface area (Å²) in [5.74, 6) is 0.484. The molecule has 0 radical (unpaired) electrons. The van der Waals surface area contributed by atoms with E-state index in [0.29, 0.717) is 10.4 Å². The Labute approximate surface area is 89.1 Å². The Bertz CT molecular complexity index is 432. The second kappa shape index (κ2) is 4.50. The van der Waals surface area contributed by atoms with Crippen LogP contribution in [0.15, 0.2) is 26.8 Å². The lowest BCUT2D eigenvalue weighted by molar-refractivity contribution is 0.349. The molecule has 0 amide bonds. The molecule has 1 aromatic rings. The van der Waals surface area contributed by atoms with Gasteiger partial charge in [-0.05, 0) is 28.1 Å². The van der Waals surface area contributed by atoms with E-state index in [4.69, 9.17) is 19.7 Å². The molecule has 14 heavy (non-hydrogen) atoms. The molecule has 0 saturated heterocycles. The van der Waals surface area contributed by atoms with Gasteiger partial charge in [0.05, 0.1) is 7.11 Å². The molecule has 0 fully saturated rings. The van der Waals surface area contributed by atoms with Crippen LogP contribution in [0, 0.1) is 22.7 Å². The average molecular weight is 253 g/mol. The Morgan fingerprint density at radius 2 is 2.07 bits per heavy atom. The lowest BCUT2D eigenvalue weighted by Crippen LogP contribution is -1.89. The van der Waals surface area contributed by atoms with Crippen LogP contribution in [0.5, 0.6) is 0 Å². The first-order valence-electron chi connectivity index (χ1n) is 3.57. The van der Waals surface area contributed by atoms with Crippen molar-refractivity contribution in [2.75, 3.05) is 7.11 Å². The standard InChI is InChI=1S/C9H5BrN2O2/c1-13-9(6(4-11)5-12)7-2-3-8(10)14-7/h2-3H,1H3. The van der Waals surface area contributed by atoms with Gasteiger partial charge in [-0.15, -0.1) is 0 Å². The van der Waals surface area contributed by atoms with Crippen LogP contribution in [0.25, 0.3) is 5.76 Å². The number of allylic oxidation sites excluding steroid dienone is 1. The molecule has 0 unspecified atom stereocenters. The number of ether oxygens (including phenoxy) is 1. The van der Waals surface area contributed by atoms with Crippen LogP contribution < -0.4 is 0 Å². The molecule has 0 atom stereocenters. The number of rotatable bonds is 2. The Morgan fingerprint density at radius 1 is 1.43 bits per heavy atom. The molecular formula is C9H5BrN2O2. The predicted molar refractivity (Wildman–Crippen MR) is 51.6 cm³/mol. The second-order valence-electron chi connectivity index (χ2n) is 2.24. The van der Waals surface area contributed by atoms with Crippen LogP contribution >= 0.6 is 15.9 Å². The fourth-order valence-corrected chi connectivity index (χ4v) is 1.20. The molecule has 0 aliphatic rings. The number of nitrogens with zero attached hydrogens (tertiary/aromatic N) is 2. The molecule has 0 saturated carbocycles. The number of hydrogen-bond donors (Lipinski definition) is 0. The highest BCUT2D eigenvalue weighted by molar-refractivity contribution is 9.10. The molecule has 70 valence electrons. The van der Waals surface area contributed by atoms with Crippen LogP contribution in [0.1, 0.15) is 5.76 Å². The van der Waals surface area contributed by atoms with Crippen molar-refractivity contribution in [2.24, 2.45) is 0 Å². The SMILES string of the molecule is COC(=C(C#N)C#N)c1ccc(Br)o1. The molecule has 0 bridgehead atoms. The lowest BCUT2D eigenvalue weighted by atomic mass is 10.2. The van der Waals surface area contributed by atoms with Crippen LogP contribution in [0.3, 0.4) is 0 Å². The van der Waals surface area contributed by atoms with Crippen LogP contribution in [0.4, 0.5) is 0 Å². The maximum Gasteiger partial charge on any atom is 0.190 e. The van der Waals surface area contributed by atoms with Gasteiger partial charge >= 0.3 is 0 Å². The summed E-state index contributed by atoms with van der Waals surface area (Å²) < 4.78 is 10.6. The zero-order valence-electron chi connectivity index (χ0n) is 7.24. The maximum absolute atomic E-state index is 8.63. The van der Waals surface area contributed by atoms with Gasteiger partial charge in [-0.25, -0.2) is 0 Å². The van der Waals surface area contributed by atoms with Gasteiger partial charge in [0.2, 0.25) is 0 Å². The van der Waals surface area contributed by atoms with E-state index in [1.165, 1.54) is 7.11 Å². The molecular weight excluding hydrogens is 248 g/mol. The lowest BCUT2D eigenvalue weighted by Gasteiger charge is -2.00. The summed E-state index contributed by atoms with van der Waals surface area (Å²) in [5.41, 5.74) is -0.116. The average Bonchev–Trinajstić information content (AvgIpc) is 2.60. The smallest absolute Gasteiger partial charge is 0.190 e. The van der Waals surface area contributed by atoms with E-state index in [-0.39, 0.29) is 11.3 Å². The summed E-state index contributed by atoms with van der Waals surface area (Å²) in [5, 5.41) is 17.3. The number of nitriles is 2. The molecule has 0 aliphatic heterocycles. The van der Waals surface area contributed by atoms with Gasteiger partial charge in [-0.3, -0.25) is 0 Å².